The Bertz CT molecular complexity index is 485. The maximum atomic E-state index is 11.3. The summed E-state index contributed by atoms with van der Waals surface area (Å²) in [5.74, 6) is -0.0210. The first kappa shape index (κ1) is 9.41. The van der Waals surface area contributed by atoms with Gasteiger partial charge in [0.2, 0.25) is 5.91 Å². The number of carbonyl (C=O) groups is 1. The summed E-state index contributed by atoms with van der Waals surface area (Å²) in [6.45, 7) is 0. The Hall–Kier alpha value is -2.15. The molecular formula is C11H9N3O. The van der Waals surface area contributed by atoms with E-state index < -0.39 is 0 Å². The molecule has 0 saturated heterocycles. The minimum atomic E-state index is -0.0210. The van der Waals surface area contributed by atoms with Gasteiger partial charge >= 0.3 is 0 Å². The van der Waals surface area contributed by atoms with Crippen molar-refractivity contribution in [3.8, 4) is 6.07 Å². The van der Waals surface area contributed by atoms with Crippen LogP contribution >= 0.6 is 0 Å². The normalized spacial score (nSPS) is 15.1. The number of benzene rings is 1. The van der Waals surface area contributed by atoms with Crippen LogP contribution in [0, 0.1) is 11.3 Å². The molecule has 0 atom stereocenters. The molecule has 0 spiro atoms. The van der Waals surface area contributed by atoms with Gasteiger partial charge in [-0.25, -0.2) is 5.01 Å². The Labute approximate surface area is 87.4 Å². The van der Waals surface area contributed by atoms with Gasteiger partial charge in [-0.1, -0.05) is 12.1 Å². The van der Waals surface area contributed by atoms with Crippen molar-refractivity contribution in [3.63, 3.8) is 0 Å². The van der Waals surface area contributed by atoms with Crippen molar-refractivity contribution in [1.82, 2.24) is 5.01 Å². The van der Waals surface area contributed by atoms with Crippen LogP contribution in [0.4, 0.5) is 0 Å². The number of hydrogen-bond donors (Lipinski definition) is 0. The molecule has 0 fully saturated rings. The molecule has 0 saturated carbocycles. The lowest BCUT2D eigenvalue weighted by atomic mass is 10.1. The van der Waals surface area contributed by atoms with Crippen LogP contribution in [0.5, 0.6) is 0 Å². The highest BCUT2D eigenvalue weighted by atomic mass is 16.2. The van der Waals surface area contributed by atoms with Crippen LogP contribution in [0.1, 0.15) is 17.5 Å². The van der Waals surface area contributed by atoms with Gasteiger partial charge in [0.15, 0.2) is 0 Å². The van der Waals surface area contributed by atoms with Gasteiger partial charge in [0.05, 0.1) is 23.8 Å². The Kier molecular flexibility index (Phi) is 2.22. The second-order valence-electron chi connectivity index (χ2n) is 3.33. The summed E-state index contributed by atoms with van der Waals surface area (Å²) in [6.07, 6.45) is 0.311. The van der Waals surface area contributed by atoms with Gasteiger partial charge in [-0.05, 0) is 17.7 Å². The number of amides is 1. The molecule has 0 radical (unpaired) electrons. The van der Waals surface area contributed by atoms with Crippen molar-refractivity contribution in [2.24, 2.45) is 5.10 Å². The number of hydrogen-bond acceptors (Lipinski definition) is 3. The molecule has 0 aromatic heterocycles. The molecule has 1 aromatic carbocycles. The predicted molar refractivity (Wildman–Crippen MR) is 55.1 cm³/mol. The molecule has 1 aliphatic rings. The lowest BCUT2D eigenvalue weighted by Crippen LogP contribution is -2.14. The molecular weight excluding hydrogens is 190 g/mol. The van der Waals surface area contributed by atoms with E-state index >= 15 is 0 Å². The Balaban J connectivity index is 2.36. The summed E-state index contributed by atoms with van der Waals surface area (Å²) >= 11 is 0. The van der Waals surface area contributed by atoms with E-state index in [9.17, 15) is 4.79 Å². The molecule has 4 heteroatoms. The fraction of sp³-hybridized carbons (Fsp3) is 0.182. The van der Waals surface area contributed by atoms with Crippen LogP contribution in [0.25, 0.3) is 0 Å². The van der Waals surface area contributed by atoms with E-state index in [0.717, 1.165) is 11.3 Å². The zero-order chi connectivity index (χ0) is 10.8. The summed E-state index contributed by atoms with van der Waals surface area (Å²) < 4.78 is 0. The Morgan fingerprint density at radius 1 is 1.53 bits per heavy atom. The van der Waals surface area contributed by atoms with Crippen molar-refractivity contribution in [3.05, 3.63) is 35.4 Å². The van der Waals surface area contributed by atoms with Gasteiger partial charge in [0.1, 0.15) is 0 Å². The third-order valence-electron chi connectivity index (χ3n) is 2.28. The highest BCUT2D eigenvalue weighted by molar-refractivity contribution is 6.13. The molecule has 4 nitrogen and oxygen atoms in total. The number of rotatable bonds is 1. The van der Waals surface area contributed by atoms with Crippen molar-refractivity contribution < 1.29 is 4.79 Å². The first-order valence-electron chi connectivity index (χ1n) is 4.55. The van der Waals surface area contributed by atoms with E-state index in [-0.39, 0.29) is 5.91 Å². The van der Waals surface area contributed by atoms with Crippen LogP contribution in [0.2, 0.25) is 0 Å². The summed E-state index contributed by atoms with van der Waals surface area (Å²) in [4.78, 5) is 11.3. The summed E-state index contributed by atoms with van der Waals surface area (Å²) in [7, 11) is 1.63. The third-order valence-corrected chi connectivity index (χ3v) is 2.28. The molecule has 0 aliphatic carbocycles. The van der Waals surface area contributed by atoms with Crippen molar-refractivity contribution >= 4 is 11.6 Å². The van der Waals surface area contributed by atoms with Crippen LogP contribution in [0.3, 0.4) is 0 Å². The van der Waals surface area contributed by atoms with Crippen molar-refractivity contribution in [2.75, 3.05) is 7.05 Å². The number of hydrazone groups is 1. The van der Waals surface area contributed by atoms with Gasteiger partial charge < -0.3 is 0 Å². The monoisotopic (exact) mass is 199 g/mol. The van der Waals surface area contributed by atoms with Gasteiger partial charge in [0, 0.05) is 7.05 Å². The van der Waals surface area contributed by atoms with Crippen LogP contribution in [-0.4, -0.2) is 23.7 Å². The third kappa shape index (κ3) is 1.72. The summed E-state index contributed by atoms with van der Waals surface area (Å²) in [5.41, 5.74) is 2.14. The van der Waals surface area contributed by atoms with E-state index in [1.807, 2.05) is 6.07 Å². The van der Waals surface area contributed by atoms with Crippen LogP contribution < -0.4 is 0 Å². The average Bonchev–Trinajstić information content (AvgIpc) is 2.59. The van der Waals surface area contributed by atoms with Gasteiger partial charge in [-0.3, -0.25) is 4.79 Å². The first-order chi connectivity index (χ1) is 7.20. The molecule has 0 N–H and O–H groups in total. The molecule has 0 bridgehead atoms. The average molecular weight is 199 g/mol. The second kappa shape index (κ2) is 3.54. The molecule has 74 valence electrons. The zero-order valence-electron chi connectivity index (χ0n) is 8.27. The van der Waals surface area contributed by atoms with Crippen LogP contribution in [0.15, 0.2) is 29.4 Å². The van der Waals surface area contributed by atoms with E-state index in [1.165, 1.54) is 5.01 Å². The fourth-order valence-electron chi connectivity index (χ4n) is 1.46. The Morgan fingerprint density at radius 3 is 2.93 bits per heavy atom. The van der Waals surface area contributed by atoms with Gasteiger partial charge in [-0.2, -0.15) is 10.4 Å². The fourth-order valence-corrected chi connectivity index (χ4v) is 1.46. The topological polar surface area (TPSA) is 56.5 Å². The maximum absolute atomic E-state index is 11.3. The highest BCUT2D eigenvalue weighted by Gasteiger charge is 2.21. The Morgan fingerprint density at radius 2 is 2.33 bits per heavy atom. The van der Waals surface area contributed by atoms with E-state index in [2.05, 4.69) is 11.2 Å². The second-order valence-corrected chi connectivity index (χ2v) is 3.33. The smallest absolute Gasteiger partial charge is 0.248 e. The number of carbonyl (C=O) groups excluding carboxylic acids is 1. The summed E-state index contributed by atoms with van der Waals surface area (Å²) in [5, 5.41) is 14.2. The predicted octanol–water partition coefficient (Wildman–Crippen LogP) is 1.12. The molecule has 1 amide bonds. The first-order valence-corrected chi connectivity index (χ1v) is 4.55. The molecule has 2 rings (SSSR count). The van der Waals surface area contributed by atoms with Crippen LogP contribution in [-0.2, 0) is 4.79 Å². The number of nitriles is 1. The molecule has 0 unspecified atom stereocenters. The standard InChI is InChI=1S/C11H9N3O/c1-14-11(15)6-10(13-14)9-4-2-3-8(5-9)7-12/h2-5H,6H2,1H3. The quantitative estimate of drug-likeness (QED) is 0.680. The van der Waals surface area contributed by atoms with Crippen molar-refractivity contribution in [1.29, 1.82) is 5.26 Å². The highest BCUT2D eigenvalue weighted by Crippen LogP contribution is 2.14. The zero-order valence-corrected chi connectivity index (χ0v) is 8.27. The lowest BCUT2D eigenvalue weighted by molar-refractivity contribution is -0.127. The van der Waals surface area contributed by atoms with E-state index in [4.69, 9.17) is 5.26 Å². The van der Waals surface area contributed by atoms with E-state index in [1.54, 1.807) is 25.2 Å². The molecule has 1 aliphatic heterocycles. The van der Waals surface area contributed by atoms with E-state index in [0.29, 0.717) is 12.0 Å². The van der Waals surface area contributed by atoms with Crippen molar-refractivity contribution in [2.45, 2.75) is 6.42 Å². The number of nitrogens with zero attached hydrogens (tertiary/aromatic N) is 3. The largest absolute Gasteiger partial charge is 0.273 e. The SMILES string of the molecule is CN1N=C(c2cccc(C#N)c2)CC1=O. The van der Waals surface area contributed by atoms with Gasteiger partial charge in [0.25, 0.3) is 0 Å². The molecule has 1 heterocycles. The summed E-state index contributed by atoms with van der Waals surface area (Å²) in [6, 6.07) is 9.17. The molecule has 15 heavy (non-hydrogen) atoms. The van der Waals surface area contributed by atoms with Gasteiger partial charge in [-0.15, -0.1) is 0 Å². The molecule has 1 aromatic rings. The minimum Gasteiger partial charge on any atom is -0.273 e. The maximum Gasteiger partial charge on any atom is 0.248 e. The minimum absolute atomic E-state index is 0.0210. The lowest BCUT2D eigenvalue weighted by Gasteiger charge is -1.99.